The summed E-state index contributed by atoms with van der Waals surface area (Å²) in [5.41, 5.74) is 0.704. The number of carbonyl (C=O) groups excluding carboxylic acids is 1. The fourth-order valence-electron chi connectivity index (χ4n) is 2.73. The summed E-state index contributed by atoms with van der Waals surface area (Å²) in [7, 11) is -2.69. The van der Waals surface area contributed by atoms with Gasteiger partial charge in [0.05, 0.1) is 27.2 Å². The molecule has 1 amide bonds. The van der Waals surface area contributed by atoms with E-state index in [9.17, 15) is 18.5 Å². The van der Waals surface area contributed by atoms with Crippen LogP contribution in [0.1, 0.15) is 12.5 Å². The maximum Gasteiger partial charge on any atom is 0.244 e. The summed E-state index contributed by atoms with van der Waals surface area (Å²) in [6.07, 6.45) is 0. The molecule has 3 aromatic rings. The Morgan fingerprint density at radius 3 is 2.69 bits per heavy atom. The molecule has 0 aliphatic rings. The van der Waals surface area contributed by atoms with E-state index in [0.29, 0.717) is 22.2 Å². The normalized spacial score (nSPS) is 11.6. The Labute approximate surface area is 177 Å². The molecule has 0 bridgehead atoms. The number of sulfonamides is 1. The van der Waals surface area contributed by atoms with Crippen LogP contribution in [-0.4, -0.2) is 43.8 Å². The van der Waals surface area contributed by atoms with Crippen molar-refractivity contribution in [1.29, 1.82) is 5.26 Å². The molecule has 29 heavy (non-hydrogen) atoms. The first-order valence-electron chi connectivity index (χ1n) is 8.60. The van der Waals surface area contributed by atoms with Crippen molar-refractivity contribution in [3.8, 4) is 6.07 Å². The minimum atomic E-state index is -4.00. The van der Waals surface area contributed by atoms with Gasteiger partial charge in [-0.2, -0.15) is 9.57 Å². The van der Waals surface area contributed by atoms with Gasteiger partial charge in [-0.1, -0.05) is 35.1 Å². The lowest BCUT2D eigenvalue weighted by Crippen LogP contribution is -2.41. The number of amides is 1. The molecule has 0 saturated heterocycles. The zero-order valence-electron chi connectivity index (χ0n) is 15.7. The van der Waals surface area contributed by atoms with Crippen LogP contribution < -0.4 is 4.90 Å². The van der Waals surface area contributed by atoms with E-state index in [0.717, 1.165) is 9.01 Å². The van der Waals surface area contributed by atoms with Crippen molar-refractivity contribution in [2.75, 3.05) is 25.0 Å². The quantitative estimate of drug-likeness (QED) is 0.575. The summed E-state index contributed by atoms with van der Waals surface area (Å²) < 4.78 is 27.5. The molecule has 1 heterocycles. The van der Waals surface area contributed by atoms with Crippen LogP contribution in [0.3, 0.4) is 0 Å². The zero-order valence-corrected chi connectivity index (χ0v) is 18.1. The number of halogens is 1. The van der Waals surface area contributed by atoms with E-state index in [1.54, 1.807) is 25.1 Å². The summed E-state index contributed by atoms with van der Waals surface area (Å²) in [5, 5.41) is 10.2. The first-order valence-corrected chi connectivity index (χ1v) is 11.2. The Hall–Kier alpha value is -2.51. The summed E-state index contributed by atoms with van der Waals surface area (Å²) in [6, 6.07) is 13.0. The van der Waals surface area contributed by atoms with Gasteiger partial charge < -0.3 is 0 Å². The average Bonchev–Trinajstić information content (AvgIpc) is 3.10. The van der Waals surface area contributed by atoms with Gasteiger partial charge in [0.2, 0.25) is 15.9 Å². The Balaban J connectivity index is 1.85. The van der Waals surface area contributed by atoms with Gasteiger partial charge in [-0.3, -0.25) is 9.69 Å². The Morgan fingerprint density at radius 2 is 2.00 bits per heavy atom. The average molecular weight is 449 g/mol. The van der Waals surface area contributed by atoms with Crippen molar-refractivity contribution in [2.45, 2.75) is 11.8 Å². The largest absolute Gasteiger partial charge is 0.287 e. The van der Waals surface area contributed by atoms with Crippen molar-refractivity contribution >= 4 is 54.2 Å². The van der Waals surface area contributed by atoms with E-state index in [1.165, 1.54) is 41.5 Å². The van der Waals surface area contributed by atoms with Crippen LogP contribution in [-0.2, 0) is 14.8 Å². The molecule has 0 radical (unpaired) electrons. The number of nitrogens with zero attached hydrogens (tertiary/aromatic N) is 4. The van der Waals surface area contributed by atoms with E-state index in [-0.39, 0.29) is 17.0 Å². The van der Waals surface area contributed by atoms with E-state index in [4.69, 9.17) is 11.6 Å². The van der Waals surface area contributed by atoms with Crippen LogP contribution in [0.4, 0.5) is 5.13 Å². The smallest absolute Gasteiger partial charge is 0.244 e. The molecule has 3 rings (SSSR count). The third-order valence-corrected chi connectivity index (χ3v) is 7.40. The minimum absolute atomic E-state index is 0.0298. The van der Waals surface area contributed by atoms with E-state index in [1.807, 2.05) is 12.1 Å². The number of likely N-dealkylation sites (N-methyl/N-ethyl adjacent to an activating group) is 2. The van der Waals surface area contributed by atoms with Crippen LogP contribution in [0, 0.1) is 11.3 Å². The third-order valence-electron chi connectivity index (χ3n) is 4.24. The number of aromatic nitrogens is 1. The monoisotopic (exact) mass is 448 g/mol. The second kappa shape index (κ2) is 8.47. The number of nitriles is 1. The molecule has 1 aromatic heterocycles. The highest BCUT2D eigenvalue weighted by Crippen LogP contribution is 2.30. The van der Waals surface area contributed by atoms with Gasteiger partial charge in [0.1, 0.15) is 6.07 Å². The van der Waals surface area contributed by atoms with E-state index >= 15 is 0 Å². The summed E-state index contributed by atoms with van der Waals surface area (Å²) in [6.45, 7) is 1.73. The Morgan fingerprint density at radius 1 is 1.28 bits per heavy atom. The molecule has 0 fully saturated rings. The number of rotatable bonds is 6. The van der Waals surface area contributed by atoms with Gasteiger partial charge >= 0.3 is 0 Å². The fourth-order valence-corrected chi connectivity index (χ4v) is 5.19. The lowest BCUT2D eigenvalue weighted by molar-refractivity contribution is -0.118. The van der Waals surface area contributed by atoms with Crippen LogP contribution >= 0.6 is 22.9 Å². The number of thiazole rings is 1. The molecule has 0 saturated carbocycles. The molecule has 0 unspecified atom stereocenters. The minimum Gasteiger partial charge on any atom is -0.287 e. The molecule has 150 valence electrons. The predicted octanol–water partition coefficient (Wildman–Crippen LogP) is 3.49. The number of hydrogen-bond donors (Lipinski definition) is 0. The maximum absolute atomic E-state index is 12.9. The van der Waals surface area contributed by atoms with Crippen molar-refractivity contribution in [3.63, 3.8) is 0 Å². The van der Waals surface area contributed by atoms with Crippen molar-refractivity contribution in [3.05, 3.63) is 53.1 Å². The van der Waals surface area contributed by atoms with Gasteiger partial charge in [-0.25, -0.2) is 13.4 Å². The first kappa shape index (κ1) is 21.2. The highest BCUT2D eigenvalue weighted by molar-refractivity contribution is 7.89. The molecule has 0 atom stereocenters. The zero-order chi connectivity index (χ0) is 21.2. The first-order chi connectivity index (χ1) is 13.8. The molecule has 0 aliphatic heterocycles. The molecule has 10 heteroatoms. The van der Waals surface area contributed by atoms with E-state index < -0.39 is 15.9 Å². The molecule has 2 aromatic carbocycles. The van der Waals surface area contributed by atoms with Crippen LogP contribution in [0.25, 0.3) is 10.2 Å². The van der Waals surface area contributed by atoms with Crippen LogP contribution in [0.2, 0.25) is 5.02 Å². The lowest BCUT2D eigenvalue weighted by atomic mass is 10.2. The number of anilines is 1. The highest BCUT2D eigenvalue weighted by Gasteiger charge is 2.28. The lowest BCUT2D eigenvalue weighted by Gasteiger charge is -2.22. The number of fused-ring (bicyclic) bond motifs is 1. The molecule has 0 spiro atoms. The standard InChI is InChI=1S/C19H17ClN4O3S2/c1-3-24(19-22-15-10-14(20)8-9-16(15)28-19)18(25)12-23(2)29(26,27)17-7-5-4-6-13(17)11-21/h4-10H,3,12H2,1-2H3. The summed E-state index contributed by atoms with van der Waals surface area (Å²) in [4.78, 5) is 18.6. The summed E-state index contributed by atoms with van der Waals surface area (Å²) in [5.74, 6) is -0.418. The van der Waals surface area contributed by atoms with Gasteiger partial charge in [0, 0.05) is 18.6 Å². The van der Waals surface area contributed by atoms with Gasteiger partial charge in [0.25, 0.3) is 0 Å². The molecular weight excluding hydrogens is 432 g/mol. The third kappa shape index (κ3) is 4.26. The van der Waals surface area contributed by atoms with E-state index in [2.05, 4.69) is 4.98 Å². The Bertz CT molecular complexity index is 1220. The number of hydrogen-bond acceptors (Lipinski definition) is 6. The van der Waals surface area contributed by atoms with Gasteiger partial charge in [0.15, 0.2) is 5.13 Å². The van der Waals surface area contributed by atoms with Crippen molar-refractivity contribution in [1.82, 2.24) is 9.29 Å². The molecular formula is C19H17ClN4O3S2. The summed E-state index contributed by atoms with van der Waals surface area (Å²) >= 11 is 7.32. The second-order valence-electron chi connectivity index (χ2n) is 6.12. The highest BCUT2D eigenvalue weighted by atomic mass is 35.5. The maximum atomic E-state index is 12.9. The number of carbonyl (C=O) groups is 1. The second-order valence-corrected chi connectivity index (χ2v) is 9.57. The topological polar surface area (TPSA) is 94.4 Å². The Kier molecular flexibility index (Phi) is 6.19. The van der Waals surface area contributed by atoms with Gasteiger partial charge in [-0.15, -0.1) is 0 Å². The van der Waals surface area contributed by atoms with Crippen LogP contribution in [0.5, 0.6) is 0 Å². The predicted molar refractivity (Wildman–Crippen MR) is 114 cm³/mol. The van der Waals surface area contributed by atoms with Crippen molar-refractivity contribution < 1.29 is 13.2 Å². The van der Waals surface area contributed by atoms with Crippen molar-refractivity contribution in [2.24, 2.45) is 0 Å². The van der Waals surface area contributed by atoms with Crippen LogP contribution in [0.15, 0.2) is 47.4 Å². The fraction of sp³-hybridized carbons (Fsp3) is 0.211. The number of benzene rings is 2. The molecule has 0 aliphatic carbocycles. The molecule has 7 nitrogen and oxygen atoms in total. The SMILES string of the molecule is CCN(C(=O)CN(C)S(=O)(=O)c1ccccc1C#N)c1nc2cc(Cl)ccc2s1. The molecule has 0 N–H and O–H groups in total. The van der Waals surface area contributed by atoms with Gasteiger partial charge in [-0.05, 0) is 37.3 Å².